The number of aliphatic hydroxyl groups excluding tert-OH is 2. The number of aromatic nitrogens is 7. The van der Waals surface area contributed by atoms with Gasteiger partial charge in [-0.2, -0.15) is 0 Å². The first kappa shape index (κ1) is 115. The average Bonchev–Trinajstić information content (AvgIpc) is 0.799. The molecule has 0 aliphatic heterocycles. The molecule has 5 radical (unpaired) electrons. The molecule has 0 aliphatic rings. The molecule has 14 nitrogen and oxygen atoms in total. The normalized spacial score (nSPS) is 9.83. The summed E-state index contributed by atoms with van der Waals surface area (Å²) in [5, 5.41) is 26.3. The number of rotatable bonds is 14. The van der Waals surface area contributed by atoms with E-state index in [0.29, 0.717) is 11.4 Å². The molecule has 0 unspecified atom stereocenters. The molecule has 0 bridgehead atoms. The van der Waals surface area contributed by atoms with Crippen LogP contribution in [-0.4, -0.2) is 75.9 Å². The molecule has 0 spiro atoms. The van der Waals surface area contributed by atoms with Crippen LogP contribution in [0.15, 0.2) is 401 Å². The molecular formula is C109H91F4Ir5N9O5Pt-6. The number of allylic oxidation sites excluding steroid dienone is 4. The van der Waals surface area contributed by atoms with Crippen LogP contribution in [-0.2, 0) is 131 Å². The summed E-state index contributed by atoms with van der Waals surface area (Å²) in [4.78, 5) is 54.0. The number of phenolic OH excluding ortho intramolecular Hbond substituents is 1. The van der Waals surface area contributed by atoms with Crippen LogP contribution in [0.25, 0.3) is 89.9 Å². The van der Waals surface area contributed by atoms with Gasteiger partial charge >= 0.3 is 0 Å². The fraction of sp³-hybridized carbons (Fsp3) is 0.0734. The molecule has 17 rings (SSSR count). The zero-order valence-electron chi connectivity index (χ0n) is 73.1. The van der Waals surface area contributed by atoms with Crippen molar-refractivity contribution in [1.29, 1.82) is 0 Å². The second kappa shape index (κ2) is 63.0. The van der Waals surface area contributed by atoms with Crippen molar-refractivity contribution in [3.05, 3.63) is 471 Å². The van der Waals surface area contributed by atoms with Crippen molar-refractivity contribution in [2.45, 2.75) is 41.5 Å². The summed E-state index contributed by atoms with van der Waals surface area (Å²) in [5.74, 6) is -1.67. The number of para-hydroxylation sites is 3. The summed E-state index contributed by atoms with van der Waals surface area (Å²) in [6.07, 6.45) is 14.6. The zero-order chi connectivity index (χ0) is 90.5. The van der Waals surface area contributed by atoms with Gasteiger partial charge in [-0.05, 0) is 141 Å². The number of pyridine rings is 7. The number of aryl methyl sites for hydroxylation is 2. The van der Waals surface area contributed by atoms with Crippen LogP contribution in [0.4, 0.5) is 40.3 Å². The number of halogens is 4. The number of aromatic hydroxyl groups is 1. The number of hydrogen-bond donors (Lipinski definition) is 3. The molecule has 17 aromatic rings. The smallest absolute Gasteiger partial charge is 0.155 e. The van der Waals surface area contributed by atoms with E-state index in [1.807, 2.05) is 269 Å². The van der Waals surface area contributed by atoms with E-state index in [0.717, 1.165) is 119 Å². The van der Waals surface area contributed by atoms with Crippen LogP contribution in [0.5, 0.6) is 5.75 Å². The van der Waals surface area contributed by atoms with E-state index in [9.17, 15) is 32.3 Å². The van der Waals surface area contributed by atoms with Gasteiger partial charge in [0, 0.05) is 254 Å². The number of carbonyl (C=O) groups is 2. The van der Waals surface area contributed by atoms with E-state index >= 15 is 0 Å². The second-order valence-corrected chi connectivity index (χ2v) is 27.9. The third kappa shape index (κ3) is 40.8. The van der Waals surface area contributed by atoms with Crippen molar-refractivity contribution in [2.75, 3.05) is 23.9 Å². The Bertz CT molecular complexity index is 6110. The van der Waals surface area contributed by atoms with Crippen molar-refractivity contribution in [3.8, 4) is 95.7 Å². The molecule has 0 atom stereocenters. The summed E-state index contributed by atoms with van der Waals surface area (Å²) in [6, 6.07) is 121. The summed E-state index contributed by atoms with van der Waals surface area (Å²) in [7, 11) is 3.93. The number of hydrogen-bond acceptors (Lipinski definition) is 14. The molecule has 0 aliphatic carbocycles. The Morgan fingerprint density at radius 3 is 1.14 bits per heavy atom. The molecule has 0 amide bonds. The number of anilines is 4. The van der Waals surface area contributed by atoms with E-state index in [1.165, 1.54) is 69.7 Å². The maximum Gasteiger partial charge on any atom is 0.155 e. The van der Waals surface area contributed by atoms with Crippen LogP contribution in [0.2, 0.25) is 0 Å². The monoisotopic (exact) mass is 2840 g/mol. The molecule has 7 heterocycles. The molecular weight excluding hydrogens is 2750 g/mol. The predicted octanol–water partition coefficient (Wildman–Crippen LogP) is 26.2. The van der Waals surface area contributed by atoms with E-state index < -0.39 is 11.6 Å². The minimum Gasteiger partial charge on any atom is -0.512 e. The zero-order valence-corrected chi connectivity index (χ0v) is 87.4. The SMILES string of the molecule is CC(=O)C=C(C)O.CC(=O)C=C(C)O.CN(C)c1ccnc(-c2[c-]cc(F)cc2)c1.Cc1cc[c-]c(-c2ccccn2)c1.Cc1ccnc(-c2[c-]cc(F)cc2F)c1.Fc1c[c-]c(-c2cc(N(c3ccccc3)c3ccccc3)ccn2)cc1.Oc1ccccc1-c1ccccc1.[Ir].[Ir].[Ir].[Ir].[Ir].[Pt].[c-]1c(-c2ccccn2)cccc1-c1ccccn1.[c-]1ccccc1-c1ccccn1. The molecule has 0 fully saturated rings. The molecule has 0 saturated carbocycles. The molecule has 133 heavy (non-hydrogen) atoms. The summed E-state index contributed by atoms with van der Waals surface area (Å²) in [5.41, 5.74) is 19.9. The summed E-state index contributed by atoms with van der Waals surface area (Å²) < 4.78 is 52.0. The number of phenols is 1. The fourth-order valence-electron chi connectivity index (χ4n) is 11.7. The first-order valence-electron chi connectivity index (χ1n) is 39.9. The topological polar surface area (TPSA) is 192 Å². The minimum absolute atomic E-state index is 0. The third-order valence-electron chi connectivity index (χ3n) is 17.5. The van der Waals surface area contributed by atoms with Crippen molar-refractivity contribution in [3.63, 3.8) is 0 Å². The molecule has 24 heteroatoms. The van der Waals surface area contributed by atoms with E-state index in [-0.39, 0.29) is 162 Å². The van der Waals surface area contributed by atoms with Crippen LogP contribution in [0.3, 0.4) is 0 Å². The van der Waals surface area contributed by atoms with Gasteiger partial charge in [0.1, 0.15) is 5.75 Å². The Hall–Kier alpha value is -12.3. The number of ketones is 2. The van der Waals surface area contributed by atoms with Gasteiger partial charge in [0.05, 0.1) is 11.5 Å². The van der Waals surface area contributed by atoms with Crippen LogP contribution in [0.1, 0.15) is 38.8 Å². The maximum absolute atomic E-state index is 13.4. The second-order valence-electron chi connectivity index (χ2n) is 27.9. The third-order valence-corrected chi connectivity index (χ3v) is 17.5. The Morgan fingerprint density at radius 1 is 0.331 bits per heavy atom. The van der Waals surface area contributed by atoms with Crippen molar-refractivity contribution < 1.29 is 164 Å². The molecule has 691 valence electrons. The van der Waals surface area contributed by atoms with Gasteiger partial charge in [-0.3, -0.25) is 37.1 Å². The van der Waals surface area contributed by atoms with Gasteiger partial charge in [-0.25, -0.2) is 0 Å². The Balaban J connectivity index is 0.000000392. The number of carbonyl (C=O) groups excluding carboxylic acids is 2. The van der Waals surface area contributed by atoms with Gasteiger partial charge in [0.15, 0.2) is 11.6 Å². The molecule has 3 N–H and O–H groups in total. The van der Waals surface area contributed by atoms with E-state index in [1.54, 1.807) is 67.6 Å². The molecule has 7 aromatic heterocycles. The fourth-order valence-corrected chi connectivity index (χ4v) is 11.7. The Kier molecular flexibility index (Phi) is 54.4. The summed E-state index contributed by atoms with van der Waals surface area (Å²) in [6.45, 7) is 9.65. The van der Waals surface area contributed by atoms with Crippen molar-refractivity contribution in [2.24, 2.45) is 0 Å². The van der Waals surface area contributed by atoms with E-state index in [2.05, 4.69) is 113 Å². The van der Waals surface area contributed by atoms with Gasteiger partial charge in [0.25, 0.3) is 0 Å². The molecule has 0 saturated heterocycles. The number of nitrogens with zero attached hydrogens (tertiary/aromatic N) is 9. The number of benzene rings is 10. The minimum atomic E-state index is -0.645. The van der Waals surface area contributed by atoms with Crippen LogP contribution >= 0.6 is 0 Å². The van der Waals surface area contributed by atoms with Gasteiger partial charge in [-0.1, -0.05) is 187 Å². The quantitative estimate of drug-likeness (QED) is 0.0403. The van der Waals surface area contributed by atoms with Crippen LogP contribution in [0, 0.1) is 73.5 Å². The summed E-state index contributed by atoms with van der Waals surface area (Å²) >= 11 is 0. The van der Waals surface area contributed by atoms with Gasteiger partial charge in [-0.15, -0.1) is 167 Å². The predicted molar refractivity (Wildman–Crippen MR) is 500 cm³/mol. The number of aliphatic hydroxyl groups is 2. The standard InChI is InChI=1S/C23H16FN2.C16H11N2.C13H12FN2.C12H8F2N.C12H10N.C12H10O.C11H8N.2C5H8O2.5Ir.Pt/c24-19-13-11-18(12-14-19)23-17-22(15-16-25-23)26(20-7-3-1-4-8-20)21-9-5-2-6-10-21;1-3-10-17-15(8-1)13-6-5-7-14(12-13)16-9-2-4-11-18-16;1-16(2)12-7-8-15-13(9-12)10-3-5-11(14)6-4-10;1-8-4-5-15-12(6-8)10-3-2-9(13)7-11(10)14;1-10-5-4-6-11(9-10)12-7-2-3-8-13-12;13-12-9-5-4-8-11(12)10-6-2-1-3-7-10;1-2-6-10(7-3-1)11-8-4-5-9-12-11;2*1-4(6)3-5(2)7;;;;;;/h1-11,13-17H;1-11H;3,5-9H,1-2H3;2,4-7H,1H3;2-5,7-9H,1H3;1-9,13H;1-6,8-9H;2*3,6H,1-2H3;;;;;;/q5*-1;;-1;;;;;;;;. The maximum atomic E-state index is 13.4. The van der Waals surface area contributed by atoms with Gasteiger partial charge in [0.2, 0.25) is 0 Å². The van der Waals surface area contributed by atoms with Gasteiger partial charge < -0.3 is 50.0 Å². The largest absolute Gasteiger partial charge is 0.512 e. The van der Waals surface area contributed by atoms with Crippen molar-refractivity contribution in [1.82, 2.24) is 34.9 Å². The first-order valence-corrected chi connectivity index (χ1v) is 39.9. The van der Waals surface area contributed by atoms with Crippen LogP contribution < -0.4 is 9.80 Å². The Labute approximate surface area is 857 Å². The first-order chi connectivity index (χ1) is 61.5. The average molecular weight is 2840 g/mol. The van der Waals surface area contributed by atoms with E-state index in [4.69, 9.17) is 10.2 Å². The molecule has 10 aromatic carbocycles. The Morgan fingerprint density at radius 2 is 0.722 bits per heavy atom. The van der Waals surface area contributed by atoms with Crippen molar-refractivity contribution >= 4 is 34.3 Å².